The summed E-state index contributed by atoms with van der Waals surface area (Å²) in [5.41, 5.74) is 1.75. The van der Waals surface area contributed by atoms with Crippen molar-refractivity contribution >= 4 is 21.4 Å². The molecule has 1 aliphatic heterocycles. The normalized spacial score (nSPS) is 23.2. The standard InChI is InChI=1S/C30H31FN4O4S/c31-25-8-4-3-7-24(25)29-33-26(20-9-11-21(12-10-20)35-15-17-40(37,38)18-16-35)27(39-29)22-5-1-2-6-23(22)28(36)34-30(19-32)13-14-30/h3-4,7-12,22-23H,1-2,5-6,13-18H2,(H,34,36). The maximum Gasteiger partial charge on any atom is 0.229 e. The van der Waals surface area contributed by atoms with Crippen LogP contribution < -0.4 is 10.2 Å². The maximum absolute atomic E-state index is 14.8. The van der Waals surface area contributed by atoms with Gasteiger partial charge < -0.3 is 14.6 Å². The molecular formula is C30H31FN4O4S. The van der Waals surface area contributed by atoms with Gasteiger partial charge in [0, 0.05) is 36.2 Å². The number of sulfone groups is 1. The summed E-state index contributed by atoms with van der Waals surface area (Å²) in [6.45, 7) is 0.884. The van der Waals surface area contributed by atoms with E-state index in [4.69, 9.17) is 9.40 Å². The van der Waals surface area contributed by atoms with E-state index in [0.29, 0.717) is 43.8 Å². The van der Waals surface area contributed by atoms with Crippen LogP contribution in [0.15, 0.2) is 52.9 Å². The molecule has 2 atom stereocenters. The molecule has 1 amide bonds. The number of hydrogen-bond acceptors (Lipinski definition) is 7. The van der Waals surface area contributed by atoms with Crippen LogP contribution in [0.3, 0.4) is 0 Å². The summed E-state index contributed by atoms with van der Waals surface area (Å²) in [6.07, 6.45) is 4.53. The first kappa shape index (κ1) is 26.5. The fourth-order valence-corrected chi connectivity index (χ4v) is 7.02. The quantitative estimate of drug-likeness (QED) is 0.458. The number of carbonyl (C=O) groups is 1. The Bertz CT molecular complexity index is 1560. The highest BCUT2D eigenvalue weighted by atomic mass is 32.2. The summed E-state index contributed by atoms with van der Waals surface area (Å²) in [5.74, 6) is -0.259. The largest absolute Gasteiger partial charge is 0.440 e. The van der Waals surface area contributed by atoms with Gasteiger partial charge in [0.15, 0.2) is 9.84 Å². The van der Waals surface area contributed by atoms with Crippen molar-refractivity contribution in [3.8, 4) is 28.8 Å². The molecule has 3 aliphatic rings. The molecule has 1 saturated heterocycles. The van der Waals surface area contributed by atoms with Gasteiger partial charge in [0.1, 0.15) is 22.8 Å². The molecule has 3 fully saturated rings. The Morgan fingerprint density at radius 3 is 2.45 bits per heavy atom. The Morgan fingerprint density at radius 1 is 1.07 bits per heavy atom. The minimum absolute atomic E-state index is 0.131. The third kappa shape index (κ3) is 5.22. The lowest BCUT2D eigenvalue weighted by Crippen LogP contribution is -2.42. The SMILES string of the molecule is N#CC1(NC(=O)C2CCCCC2c2oc(-c3ccccc3F)nc2-c2ccc(N3CCS(=O)(=O)CC3)cc2)CC1. The predicted molar refractivity (Wildman–Crippen MR) is 149 cm³/mol. The highest BCUT2D eigenvalue weighted by molar-refractivity contribution is 7.91. The molecule has 2 aliphatic carbocycles. The molecule has 2 saturated carbocycles. The van der Waals surface area contributed by atoms with Crippen LogP contribution in [0, 0.1) is 23.1 Å². The van der Waals surface area contributed by atoms with Crippen molar-refractivity contribution in [3.63, 3.8) is 0 Å². The zero-order valence-electron chi connectivity index (χ0n) is 22.1. The second kappa shape index (κ2) is 10.4. The van der Waals surface area contributed by atoms with Crippen LogP contribution in [0.1, 0.15) is 50.2 Å². The summed E-state index contributed by atoms with van der Waals surface area (Å²) in [5, 5.41) is 12.5. The van der Waals surface area contributed by atoms with Crippen LogP contribution in [0.4, 0.5) is 10.1 Å². The summed E-state index contributed by atoms with van der Waals surface area (Å²) >= 11 is 0. The summed E-state index contributed by atoms with van der Waals surface area (Å²) in [7, 11) is -2.99. The summed E-state index contributed by atoms with van der Waals surface area (Å²) < 4.78 is 44.8. The first-order valence-electron chi connectivity index (χ1n) is 13.8. The molecule has 40 heavy (non-hydrogen) atoms. The number of halogens is 1. The van der Waals surface area contributed by atoms with Gasteiger partial charge in [-0.25, -0.2) is 17.8 Å². The van der Waals surface area contributed by atoms with Gasteiger partial charge in [-0.3, -0.25) is 4.79 Å². The van der Waals surface area contributed by atoms with Crippen molar-refractivity contribution in [2.75, 3.05) is 29.5 Å². The van der Waals surface area contributed by atoms with Gasteiger partial charge in [-0.05, 0) is 49.9 Å². The molecule has 1 aromatic heterocycles. The molecule has 10 heteroatoms. The average molecular weight is 563 g/mol. The first-order chi connectivity index (χ1) is 19.3. The third-order valence-electron chi connectivity index (χ3n) is 8.37. The molecule has 0 bridgehead atoms. The molecule has 2 aromatic carbocycles. The van der Waals surface area contributed by atoms with Crippen LogP contribution in [0.2, 0.25) is 0 Å². The van der Waals surface area contributed by atoms with E-state index in [0.717, 1.165) is 30.5 Å². The van der Waals surface area contributed by atoms with E-state index >= 15 is 0 Å². The Kier molecular flexibility index (Phi) is 6.87. The van der Waals surface area contributed by atoms with Gasteiger partial charge in [-0.15, -0.1) is 0 Å². The average Bonchev–Trinajstić information content (AvgIpc) is 3.60. The number of nitrogens with zero attached hydrogens (tertiary/aromatic N) is 3. The molecule has 2 unspecified atom stereocenters. The zero-order chi connectivity index (χ0) is 27.9. The van der Waals surface area contributed by atoms with Crippen molar-refractivity contribution in [2.45, 2.75) is 50.0 Å². The second-order valence-corrected chi connectivity index (χ2v) is 13.4. The minimum Gasteiger partial charge on any atom is -0.440 e. The number of benzene rings is 2. The molecule has 6 rings (SSSR count). The van der Waals surface area contributed by atoms with Crippen molar-refractivity contribution < 1.29 is 22.0 Å². The summed E-state index contributed by atoms with van der Waals surface area (Å²) in [6, 6.07) is 16.3. The molecule has 3 aromatic rings. The molecule has 0 radical (unpaired) electrons. The molecule has 1 N–H and O–H groups in total. The smallest absolute Gasteiger partial charge is 0.229 e. The number of carbonyl (C=O) groups excluding carboxylic acids is 1. The number of anilines is 1. The first-order valence-corrected chi connectivity index (χ1v) is 15.6. The van der Waals surface area contributed by atoms with Crippen LogP contribution in [-0.4, -0.2) is 49.4 Å². The Balaban J connectivity index is 1.36. The third-order valence-corrected chi connectivity index (χ3v) is 9.98. The van der Waals surface area contributed by atoms with Gasteiger partial charge in [0.2, 0.25) is 11.8 Å². The van der Waals surface area contributed by atoms with E-state index in [1.165, 1.54) is 6.07 Å². The van der Waals surface area contributed by atoms with Gasteiger partial charge in [-0.1, -0.05) is 37.1 Å². The van der Waals surface area contributed by atoms with E-state index in [1.807, 2.05) is 29.2 Å². The monoisotopic (exact) mass is 562 g/mol. The van der Waals surface area contributed by atoms with Crippen LogP contribution in [0.25, 0.3) is 22.7 Å². The fraction of sp³-hybridized carbons (Fsp3) is 0.433. The number of amides is 1. The van der Waals surface area contributed by atoms with Gasteiger partial charge in [-0.2, -0.15) is 5.26 Å². The van der Waals surface area contributed by atoms with E-state index < -0.39 is 21.2 Å². The predicted octanol–water partition coefficient (Wildman–Crippen LogP) is 4.83. The lowest BCUT2D eigenvalue weighted by molar-refractivity contribution is -0.127. The van der Waals surface area contributed by atoms with E-state index in [9.17, 15) is 22.9 Å². The Labute approximate surface area is 233 Å². The summed E-state index contributed by atoms with van der Waals surface area (Å²) in [4.78, 5) is 20.2. The lowest BCUT2D eigenvalue weighted by atomic mass is 9.76. The van der Waals surface area contributed by atoms with E-state index in [2.05, 4.69) is 11.4 Å². The highest BCUT2D eigenvalue weighted by Gasteiger charge is 2.47. The van der Waals surface area contributed by atoms with E-state index in [-0.39, 0.29) is 40.7 Å². The molecule has 8 nitrogen and oxygen atoms in total. The van der Waals surface area contributed by atoms with Crippen molar-refractivity contribution in [1.29, 1.82) is 5.26 Å². The van der Waals surface area contributed by atoms with Gasteiger partial charge in [0.05, 0.1) is 23.1 Å². The van der Waals surface area contributed by atoms with Crippen molar-refractivity contribution in [1.82, 2.24) is 10.3 Å². The highest BCUT2D eigenvalue weighted by Crippen LogP contribution is 2.45. The van der Waals surface area contributed by atoms with Crippen molar-refractivity contribution in [2.24, 2.45) is 5.92 Å². The minimum atomic E-state index is -2.99. The van der Waals surface area contributed by atoms with Crippen LogP contribution in [0.5, 0.6) is 0 Å². The Hall–Kier alpha value is -3.71. The van der Waals surface area contributed by atoms with Crippen LogP contribution in [-0.2, 0) is 14.6 Å². The maximum atomic E-state index is 14.8. The number of oxazole rings is 1. The molecule has 208 valence electrons. The fourth-order valence-electron chi connectivity index (χ4n) is 5.82. The Morgan fingerprint density at radius 2 is 1.77 bits per heavy atom. The number of hydrogen-bond donors (Lipinski definition) is 1. The topological polar surface area (TPSA) is 116 Å². The molecular weight excluding hydrogens is 531 g/mol. The molecule has 2 heterocycles. The number of rotatable bonds is 6. The zero-order valence-corrected chi connectivity index (χ0v) is 22.9. The van der Waals surface area contributed by atoms with Gasteiger partial charge in [0.25, 0.3) is 0 Å². The number of nitriles is 1. The number of aromatic nitrogens is 1. The van der Waals surface area contributed by atoms with E-state index in [1.54, 1.807) is 18.2 Å². The van der Waals surface area contributed by atoms with Gasteiger partial charge >= 0.3 is 0 Å². The number of nitrogens with one attached hydrogen (secondary N) is 1. The second-order valence-electron chi connectivity index (χ2n) is 11.1. The van der Waals surface area contributed by atoms with Crippen molar-refractivity contribution in [3.05, 3.63) is 60.1 Å². The van der Waals surface area contributed by atoms with Crippen LogP contribution >= 0.6 is 0 Å². The molecule has 0 spiro atoms. The lowest BCUT2D eigenvalue weighted by Gasteiger charge is -2.30.